The van der Waals surface area contributed by atoms with E-state index in [0.29, 0.717) is 50.6 Å². The SMILES string of the molecule is CC(C)N(C(=O)c1cc(F)ccc1Oc1cncnc1N1CC2(CCN(C[C@@H]3CC[C@@H](NS(=O)(=O)NCC(F)(F)F)CO3)CC2)C1)[C@@H]1CCOC1. The third-order valence-electron chi connectivity index (χ3n) is 10.0. The van der Waals surface area contributed by atoms with Crippen molar-refractivity contribution in [1.29, 1.82) is 0 Å². The number of carbonyl (C=O) groups is 1. The molecule has 282 valence electrons. The van der Waals surface area contributed by atoms with Crippen LogP contribution in [0.2, 0.25) is 0 Å². The fourth-order valence-electron chi connectivity index (χ4n) is 7.41. The molecule has 1 amide bonds. The Bertz CT molecular complexity index is 1620. The Balaban J connectivity index is 1.00. The highest BCUT2D eigenvalue weighted by molar-refractivity contribution is 7.87. The maximum Gasteiger partial charge on any atom is 0.402 e. The molecule has 1 aromatic heterocycles. The third-order valence-corrected chi connectivity index (χ3v) is 11.2. The Morgan fingerprint density at radius 2 is 1.90 bits per heavy atom. The van der Waals surface area contributed by atoms with Crippen LogP contribution in [-0.4, -0.2) is 124 Å². The van der Waals surface area contributed by atoms with E-state index in [2.05, 4.69) is 24.5 Å². The number of rotatable bonds is 12. The van der Waals surface area contributed by atoms with Crippen LogP contribution in [0.3, 0.4) is 0 Å². The first-order chi connectivity index (χ1) is 24.2. The van der Waals surface area contributed by atoms with Crippen molar-refractivity contribution in [3.8, 4) is 11.5 Å². The summed E-state index contributed by atoms with van der Waals surface area (Å²) in [6, 6.07) is 3.10. The molecule has 5 heterocycles. The minimum absolute atomic E-state index is 0.0900. The number of hydrogen-bond acceptors (Lipinski definition) is 10. The van der Waals surface area contributed by atoms with Gasteiger partial charge in [0.15, 0.2) is 11.6 Å². The molecule has 2 N–H and O–H groups in total. The molecule has 6 rings (SSSR count). The van der Waals surface area contributed by atoms with Crippen LogP contribution in [0.15, 0.2) is 30.7 Å². The molecule has 18 heteroatoms. The number of amides is 1. The van der Waals surface area contributed by atoms with Crippen molar-refractivity contribution in [3.63, 3.8) is 0 Å². The van der Waals surface area contributed by atoms with Crippen LogP contribution < -0.4 is 19.1 Å². The van der Waals surface area contributed by atoms with Gasteiger partial charge in [-0.25, -0.2) is 14.4 Å². The zero-order valence-electron chi connectivity index (χ0n) is 28.7. The van der Waals surface area contributed by atoms with Gasteiger partial charge in [-0.3, -0.25) is 4.79 Å². The first kappa shape index (κ1) is 37.6. The fourth-order valence-corrected chi connectivity index (χ4v) is 8.47. The molecule has 0 bridgehead atoms. The zero-order chi connectivity index (χ0) is 36.4. The molecular weight excluding hydrogens is 698 g/mol. The summed E-state index contributed by atoms with van der Waals surface area (Å²) in [5.74, 6) is 0.317. The molecule has 4 fully saturated rings. The molecule has 2 aromatic rings. The predicted octanol–water partition coefficient (Wildman–Crippen LogP) is 3.48. The van der Waals surface area contributed by atoms with Gasteiger partial charge in [0.2, 0.25) is 0 Å². The van der Waals surface area contributed by atoms with E-state index >= 15 is 0 Å². The van der Waals surface area contributed by atoms with Gasteiger partial charge in [0.05, 0.1) is 37.1 Å². The molecule has 4 aliphatic rings. The average molecular weight is 744 g/mol. The summed E-state index contributed by atoms with van der Waals surface area (Å²) in [6.45, 7) is 7.23. The predicted molar refractivity (Wildman–Crippen MR) is 178 cm³/mol. The number of piperidine rings is 1. The Labute approximate surface area is 295 Å². The number of halogens is 4. The van der Waals surface area contributed by atoms with E-state index in [9.17, 15) is 30.8 Å². The largest absolute Gasteiger partial charge is 0.451 e. The lowest BCUT2D eigenvalue weighted by Crippen LogP contribution is -2.61. The molecule has 13 nitrogen and oxygen atoms in total. The van der Waals surface area contributed by atoms with Crippen LogP contribution >= 0.6 is 0 Å². The Morgan fingerprint density at radius 1 is 1.14 bits per heavy atom. The number of likely N-dealkylation sites (tertiary alicyclic amines) is 1. The topological polar surface area (TPSA) is 138 Å². The van der Waals surface area contributed by atoms with Crippen molar-refractivity contribution in [2.45, 2.75) is 76.4 Å². The van der Waals surface area contributed by atoms with Crippen LogP contribution in [0.1, 0.15) is 56.3 Å². The molecular formula is C33H45F4N7O6S. The lowest BCUT2D eigenvalue weighted by molar-refractivity contribution is -0.121. The van der Waals surface area contributed by atoms with E-state index in [-0.39, 0.29) is 47.4 Å². The van der Waals surface area contributed by atoms with Crippen molar-refractivity contribution in [3.05, 3.63) is 42.1 Å². The second kappa shape index (κ2) is 15.4. The number of anilines is 1. The zero-order valence-corrected chi connectivity index (χ0v) is 29.5. The lowest BCUT2D eigenvalue weighted by atomic mass is 9.72. The standard InChI is InChI=1S/C33H45F4N7O6S/c1-22(2)44(25-7-12-48-17-25)31(45)27-13-23(34)3-6-28(27)50-29-14-38-21-39-30(29)43-19-32(20-43)8-10-42(11-9-32)15-26-5-4-24(16-49-26)41-51(46,47)40-18-33(35,36)37/h3,6,13-14,21-22,24-26,40-41H,4-5,7-12,15-20H2,1-2H3/t24-,25-,26+/m1/s1. The molecule has 4 aliphatic heterocycles. The highest BCUT2D eigenvalue weighted by Gasteiger charge is 2.46. The van der Waals surface area contributed by atoms with Gasteiger partial charge in [0, 0.05) is 43.7 Å². The van der Waals surface area contributed by atoms with Crippen LogP contribution in [0.5, 0.6) is 11.5 Å². The number of ether oxygens (including phenoxy) is 3. The summed E-state index contributed by atoms with van der Waals surface area (Å²) in [7, 11) is -4.29. The average Bonchev–Trinajstić information content (AvgIpc) is 3.59. The maximum absolute atomic E-state index is 14.5. The lowest BCUT2D eigenvalue weighted by Gasteiger charge is -2.54. The minimum Gasteiger partial charge on any atom is -0.451 e. The summed E-state index contributed by atoms with van der Waals surface area (Å²) in [6.07, 6.45) is 1.94. The summed E-state index contributed by atoms with van der Waals surface area (Å²) in [4.78, 5) is 28.7. The molecule has 0 saturated carbocycles. The quantitative estimate of drug-likeness (QED) is 0.311. The van der Waals surface area contributed by atoms with E-state index in [1.165, 1.54) is 29.2 Å². The number of hydrogen-bond donors (Lipinski definition) is 2. The van der Waals surface area contributed by atoms with Crippen LogP contribution in [0, 0.1) is 11.2 Å². The van der Waals surface area contributed by atoms with Crippen molar-refractivity contribution < 1.29 is 45.0 Å². The number of aromatic nitrogens is 2. The van der Waals surface area contributed by atoms with Crippen molar-refractivity contribution in [2.24, 2.45) is 5.41 Å². The van der Waals surface area contributed by atoms with Crippen LogP contribution in [0.4, 0.5) is 23.4 Å². The third kappa shape index (κ3) is 9.45. The molecule has 4 saturated heterocycles. The van der Waals surface area contributed by atoms with E-state index in [1.807, 2.05) is 13.8 Å². The van der Waals surface area contributed by atoms with Gasteiger partial charge in [-0.05, 0) is 77.2 Å². The number of nitrogens with zero attached hydrogens (tertiary/aromatic N) is 5. The molecule has 1 aromatic carbocycles. The maximum atomic E-state index is 14.5. The second-order valence-corrected chi connectivity index (χ2v) is 15.8. The second-order valence-electron chi connectivity index (χ2n) is 14.2. The molecule has 1 spiro atoms. The van der Waals surface area contributed by atoms with E-state index in [4.69, 9.17) is 14.2 Å². The van der Waals surface area contributed by atoms with Gasteiger partial charge < -0.3 is 28.9 Å². The first-order valence-corrected chi connectivity index (χ1v) is 18.8. The monoisotopic (exact) mass is 743 g/mol. The molecule has 0 aliphatic carbocycles. The Hall–Kier alpha value is -3.16. The van der Waals surface area contributed by atoms with E-state index in [0.717, 1.165) is 39.0 Å². The molecule has 0 radical (unpaired) electrons. The van der Waals surface area contributed by atoms with E-state index in [1.54, 1.807) is 11.1 Å². The van der Waals surface area contributed by atoms with Crippen molar-refractivity contribution in [2.75, 3.05) is 64.0 Å². The van der Waals surface area contributed by atoms with Crippen molar-refractivity contribution >= 4 is 21.9 Å². The van der Waals surface area contributed by atoms with Gasteiger partial charge >= 0.3 is 6.18 Å². The number of benzene rings is 1. The molecule has 0 unspecified atom stereocenters. The van der Waals surface area contributed by atoms with Gasteiger partial charge in [0.1, 0.15) is 24.4 Å². The number of alkyl halides is 3. The summed E-state index contributed by atoms with van der Waals surface area (Å²) >= 11 is 0. The highest BCUT2D eigenvalue weighted by atomic mass is 32.2. The highest BCUT2D eigenvalue weighted by Crippen LogP contribution is 2.45. The van der Waals surface area contributed by atoms with Crippen LogP contribution in [-0.2, 0) is 19.7 Å². The molecule has 51 heavy (non-hydrogen) atoms. The summed E-state index contributed by atoms with van der Waals surface area (Å²) < 4.78 is 97.1. The summed E-state index contributed by atoms with van der Waals surface area (Å²) in [5.41, 5.74) is 0.214. The Kier molecular flexibility index (Phi) is 11.4. The van der Waals surface area contributed by atoms with Gasteiger partial charge in [-0.2, -0.15) is 31.0 Å². The fraction of sp³-hybridized carbons (Fsp3) is 0.667. The van der Waals surface area contributed by atoms with Crippen LogP contribution in [0.25, 0.3) is 0 Å². The first-order valence-electron chi connectivity index (χ1n) is 17.3. The number of nitrogens with one attached hydrogen (secondary N) is 2. The molecule has 3 atom stereocenters. The van der Waals surface area contributed by atoms with Gasteiger partial charge in [0.25, 0.3) is 16.1 Å². The number of carbonyl (C=O) groups excluding carboxylic acids is 1. The van der Waals surface area contributed by atoms with Gasteiger partial charge in [-0.1, -0.05) is 0 Å². The minimum atomic E-state index is -4.64. The smallest absolute Gasteiger partial charge is 0.402 e. The van der Waals surface area contributed by atoms with Gasteiger partial charge in [-0.15, -0.1) is 0 Å². The van der Waals surface area contributed by atoms with Crippen molar-refractivity contribution in [1.82, 2.24) is 29.2 Å². The summed E-state index contributed by atoms with van der Waals surface area (Å²) in [5, 5.41) is 0. The Morgan fingerprint density at radius 3 is 2.55 bits per heavy atom. The normalized spacial score (nSPS) is 24.1. The van der Waals surface area contributed by atoms with E-state index < -0.39 is 34.8 Å².